The van der Waals surface area contributed by atoms with Gasteiger partial charge in [0.05, 0.1) is 41.5 Å². The van der Waals surface area contributed by atoms with E-state index in [1.54, 1.807) is 6.92 Å². The van der Waals surface area contributed by atoms with Gasteiger partial charge in [0.2, 0.25) is 17.7 Å². The molecule has 3 aliphatic carbocycles. The molecule has 3 aliphatic rings. The van der Waals surface area contributed by atoms with Gasteiger partial charge in [-0.2, -0.15) is 0 Å². The zero-order chi connectivity index (χ0) is 29.3. The van der Waals surface area contributed by atoms with Crippen molar-refractivity contribution in [3.8, 4) is 0 Å². The van der Waals surface area contributed by atoms with Crippen LogP contribution in [0.1, 0.15) is 94.4 Å². The molecule has 0 radical (unpaired) electrons. The topological polar surface area (TPSA) is 126 Å². The molecule has 3 fully saturated rings. The Bertz CT molecular complexity index is 890. The van der Waals surface area contributed by atoms with Crippen LogP contribution >= 0.6 is 0 Å². The molecule has 39 heavy (non-hydrogen) atoms. The summed E-state index contributed by atoms with van der Waals surface area (Å²) < 4.78 is 12.8. The van der Waals surface area contributed by atoms with E-state index < -0.39 is 17.2 Å². The summed E-state index contributed by atoms with van der Waals surface area (Å²) in [4.78, 5) is 38.3. The lowest BCUT2D eigenvalue weighted by atomic mass is 9.66. The van der Waals surface area contributed by atoms with Crippen LogP contribution < -0.4 is 16.0 Å². The van der Waals surface area contributed by atoms with Gasteiger partial charge in [0.1, 0.15) is 0 Å². The molecule has 9 nitrogen and oxygen atoms in total. The van der Waals surface area contributed by atoms with E-state index in [0.29, 0.717) is 19.4 Å². The number of nitrogens with one attached hydrogen (secondary N) is 3. The average molecular weight is 552 g/mol. The summed E-state index contributed by atoms with van der Waals surface area (Å²) in [5, 5.41) is 20.7. The first kappa shape index (κ1) is 31.8. The highest BCUT2D eigenvalue weighted by molar-refractivity contribution is 5.79. The number of rotatable bonds is 11. The Morgan fingerprint density at radius 1 is 0.795 bits per heavy atom. The lowest BCUT2D eigenvalue weighted by Gasteiger charge is -2.50. The fourth-order valence-corrected chi connectivity index (χ4v) is 6.60. The van der Waals surface area contributed by atoms with Crippen molar-refractivity contribution in [2.24, 2.45) is 29.6 Å². The van der Waals surface area contributed by atoms with Crippen molar-refractivity contribution in [1.82, 2.24) is 16.0 Å². The Morgan fingerprint density at radius 3 is 1.87 bits per heavy atom. The molecule has 3 amide bonds. The third-order valence-corrected chi connectivity index (χ3v) is 9.23. The van der Waals surface area contributed by atoms with Gasteiger partial charge in [-0.05, 0) is 64.7 Å². The molecular weight excluding hydrogens is 498 g/mol. The van der Waals surface area contributed by atoms with Crippen LogP contribution in [-0.2, 0) is 23.9 Å². The Morgan fingerprint density at radius 2 is 1.33 bits per heavy atom. The second-order valence-electron chi connectivity index (χ2n) is 13.4. The Labute approximate surface area is 234 Å². The van der Waals surface area contributed by atoms with Gasteiger partial charge >= 0.3 is 0 Å². The predicted molar refractivity (Wildman–Crippen MR) is 150 cm³/mol. The Hall–Kier alpha value is -1.71. The van der Waals surface area contributed by atoms with Gasteiger partial charge in [-0.3, -0.25) is 14.4 Å². The number of hydrogen-bond donors (Lipinski definition) is 4. The van der Waals surface area contributed by atoms with Crippen molar-refractivity contribution in [1.29, 1.82) is 0 Å². The Balaban J connectivity index is 1.86. The van der Waals surface area contributed by atoms with Gasteiger partial charge in [0.25, 0.3) is 0 Å². The molecule has 0 bridgehead atoms. The van der Waals surface area contributed by atoms with Crippen molar-refractivity contribution in [3.63, 3.8) is 0 Å². The number of hydrogen-bond acceptors (Lipinski definition) is 6. The molecule has 0 heterocycles. The normalized spacial score (nSPS) is 38.2. The summed E-state index contributed by atoms with van der Waals surface area (Å²) in [6, 6.07) is -0.921. The lowest BCUT2D eigenvalue weighted by Crippen LogP contribution is -2.64. The smallest absolute Gasteiger partial charge is 0.222 e. The molecular formula is C30H53N3O6. The van der Waals surface area contributed by atoms with Crippen molar-refractivity contribution in [2.75, 3.05) is 6.61 Å². The standard InChI is InChI=1S/C30H53N3O6/c1-10-38-22-15-20(23(22)31-26(34)16(2)3)19-11-14-30(9,24(19)32-27(35)17(4)5)39-21-12-13-29(8,37)25(21)33-28(36)18(6)7/h16-25,37H,10-15H2,1-9H3,(H,31,34)(H,32,35)(H,33,36)/t19?,20?,21?,22?,23?,24-,25+,29+,30-/m0/s1. The van der Waals surface area contributed by atoms with E-state index in [1.165, 1.54) is 0 Å². The van der Waals surface area contributed by atoms with Crippen LogP contribution in [0.15, 0.2) is 0 Å². The molecule has 3 rings (SSSR count). The summed E-state index contributed by atoms with van der Waals surface area (Å²) in [5.41, 5.74) is -1.77. The molecule has 0 saturated heterocycles. The SMILES string of the molecule is CCOC1CC(C2CC[C@](C)(OC3CC[C@@](C)(O)[C@@H]3NC(=O)C(C)C)[C@H]2NC(=O)C(C)C)C1NC(=O)C(C)C. The minimum Gasteiger partial charge on any atom is -0.388 e. The van der Waals surface area contributed by atoms with Gasteiger partial charge in [-0.1, -0.05) is 41.5 Å². The van der Waals surface area contributed by atoms with Crippen molar-refractivity contribution >= 4 is 17.7 Å². The minimum absolute atomic E-state index is 0.00565. The second-order valence-corrected chi connectivity index (χ2v) is 13.4. The molecule has 3 saturated carbocycles. The number of amides is 3. The van der Waals surface area contributed by atoms with E-state index in [9.17, 15) is 19.5 Å². The van der Waals surface area contributed by atoms with E-state index in [1.807, 2.05) is 55.4 Å². The quantitative estimate of drug-likeness (QED) is 0.313. The van der Waals surface area contributed by atoms with Crippen molar-refractivity contribution in [3.05, 3.63) is 0 Å². The fourth-order valence-electron chi connectivity index (χ4n) is 6.60. The van der Waals surface area contributed by atoms with Gasteiger partial charge < -0.3 is 30.5 Å². The highest BCUT2D eigenvalue weighted by atomic mass is 16.5. The van der Waals surface area contributed by atoms with E-state index in [0.717, 1.165) is 19.3 Å². The van der Waals surface area contributed by atoms with E-state index in [2.05, 4.69) is 16.0 Å². The molecule has 0 aromatic heterocycles. The lowest BCUT2D eigenvalue weighted by molar-refractivity contribution is -0.145. The maximum absolute atomic E-state index is 13.0. The van der Waals surface area contributed by atoms with Crippen LogP contribution in [0, 0.1) is 29.6 Å². The van der Waals surface area contributed by atoms with Gasteiger partial charge in [0, 0.05) is 24.4 Å². The van der Waals surface area contributed by atoms with Crippen molar-refractivity contribution < 1.29 is 29.0 Å². The molecule has 224 valence electrons. The fraction of sp³-hybridized carbons (Fsp3) is 0.900. The minimum atomic E-state index is -1.08. The van der Waals surface area contributed by atoms with Gasteiger partial charge in [-0.25, -0.2) is 0 Å². The first-order valence-corrected chi connectivity index (χ1v) is 15.0. The maximum atomic E-state index is 13.0. The largest absolute Gasteiger partial charge is 0.388 e. The number of ether oxygens (including phenoxy) is 2. The number of carbonyl (C=O) groups excluding carboxylic acids is 3. The maximum Gasteiger partial charge on any atom is 0.222 e. The molecule has 4 N–H and O–H groups in total. The van der Waals surface area contributed by atoms with Crippen LogP contribution in [0.25, 0.3) is 0 Å². The summed E-state index contributed by atoms with van der Waals surface area (Å²) >= 11 is 0. The van der Waals surface area contributed by atoms with Gasteiger partial charge in [0.15, 0.2) is 0 Å². The molecule has 0 aliphatic heterocycles. The molecule has 9 heteroatoms. The van der Waals surface area contributed by atoms with Crippen LogP contribution in [0.2, 0.25) is 0 Å². The van der Waals surface area contributed by atoms with Crippen LogP contribution in [0.5, 0.6) is 0 Å². The summed E-state index contributed by atoms with van der Waals surface area (Å²) in [5.74, 6) is -0.422. The highest BCUT2D eigenvalue weighted by Gasteiger charge is 2.58. The third kappa shape index (κ3) is 6.96. The van der Waals surface area contributed by atoms with Crippen molar-refractivity contribution in [2.45, 2.75) is 136 Å². The molecule has 9 atom stereocenters. The van der Waals surface area contributed by atoms with E-state index in [-0.39, 0.29) is 71.6 Å². The monoisotopic (exact) mass is 551 g/mol. The van der Waals surface area contributed by atoms with E-state index >= 15 is 0 Å². The zero-order valence-electron chi connectivity index (χ0n) is 25.5. The zero-order valence-corrected chi connectivity index (χ0v) is 25.5. The Kier molecular flexibility index (Phi) is 10.1. The average Bonchev–Trinajstić information content (AvgIpc) is 3.29. The molecule has 0 aromatic rings. The van der Waals surface area contributed by atoms with Crippen LogP contribution in [0.4, 0.5) is 0 Å². The summed E-state index contributed by atoms with van der Waals surface area (Å²) in [6.07, 6.45) is 3.09. The van der Waals surface area contributed by atoms with Crippen LogP contribution in [-0.4, -0.2) is 71.0 Å². The molecule has 0 spiro atoms. The summed E-state index contributed by atoms with van der Waals surface area (Å²) in [6.45, 7) is 17.5. The van der Waals surface area contributed by atoms with E-state index in [4.69, 9.17) is 9.47 Å². The first-order valence-electron chi connectivity index (χ1n) is 15.0. The third-order valence-electron chi connectivity index (χ3n) is 9.23. The highest BCUT2D eigenvalue weighted by Crippen LogP contribution is 2.50. The predicted octanol–water partition coefficient (Wildman–Crippen LogP) is 2.93. The summed E-state index contributed by atoms with van der Waals surface area (Å²) in [7, 11) is 0. The first-order chi connectivity index (χ1) is 18.1. The van der Waals surface area contributed by atoms with Crippen LogP contribution in [0.3, 0.4) is 0 Å². The number of carbonyl (C=O) groups is 3. The molecule has 5 unspecified atom stereocenters. The van der Waals surface area contributed by atoms with Gasteiger partial charge in [-0.15, -0.1) is 0 Å². The second kappa shape index (κ2) is 12.4. The molecule has 0 aromatic carbocycles. The number of aliphatic hydroxyl groups is 1.